The van der Waals surface area contributed by atoms with Crippen molar-refractivity contribution >= 4 is 0 Å². The number of allylic oxidation sites excluding steroid dienone is 1. The molecule has 0 radical (unpaired) electrons. The topological polar surface area (TPSA) is 52.5 Å². The van der Waals surface area contributed by atoms with Crippen LogP contribution in [0.4, 0.5) is 0 Å². The average molecular weight is 259 g/mol. The molecule has 1 aromatic rings. The quantitative estimate of drug-likeness (QED) is 0.728. The molecule has 0 spiro atoms. The van der Waals surface area contributed by atoms with Crippen molar-refractivity contribution in [3.8, 4) is 5.75 Å². The lowest BCUT2D eigenvalue weighted by molar-refractivity contribution is 0.0891. The van der Waals surface area contributed by atoms with Crippen LogP contribution in [0.25, 0.3) is 0 Å². The number of hydrogen-bond donors (Lipinski definition) is 3. The second kappa shape index (κ2) is 4.99. The molecule has 3 N–H and O–H groups in total. The third kappa shape index (κ3) is 2.40. The number of aliphatic hydroxyl groups is 1. The van der Waals surface area contributed by atoms with Gasteiger partial charge >= 0.3 is 0 Å². The number of benzene rings is 1. The van der Waals surface area contributed by atoms with Crippen LogP contribution in [0.3, 0.4) is 0 Å². The Hall–Kier alpha value is -1.32. The maximum atomic E-state index is 10.3. The van der Waals surface area contributed by atoms with E-state index in [4.69, 9.17) is 0 Å². The van der Waals surface area contributed by atoms with Crippen LogP contribution in [0, 0.1) is 11.8 Å². The Labute approximate surface area is 114 Å². The number of nitrogens with one attached hydrogen (secondary N) is 1. The number of hydrogen-bond acceptors (Lipinski definition) is 3. The van der Waals surface area contributed by atoms with Gasteiger partial charge in [-0.25, -0.2) is 0 Å². The largest absolute Gasteiger partial charge is 0.508 e. The van der Waals surface area contributed by atoms with Crippen molar-refractivity contribution in [2.24, 2.45) is 11.8 Å². The van der Waals surface area contributed by atoms with E-state index in [1.807, 2.05) is 6.92 Å². The molecular formula is C16H21NO2. The van der Waals surface area contributed by atoms with Crippen LogP contribution in [-0.2, 0) is 0 Å². The highest BCUT2D eigenvalue weighted by atomic mass is 16.3. The number of aliphatic hydroxyl groups excluding tert-OH is 1. The van der Waals surface area contributed by atoms with Gasteiger partial charge in [0.05, 0.1) is 6.10 Å². The highest BCUT2D eigenvalue weighted by Gasteiger charge is 2.41. The Balaban J connectivity index is 1.59. The minimum Gasteiger partial charge on any atom is -0.508 e. The molecule has 2 aliphatic carbocycles. The van der Waals surface area contributed by atoms with Gasteiger partial charge in [-0.1, -0.05) is 24.3 Å². The number of phenols is 1. The van der Waals surface area contributed by atoms with Crippen molar-refractivity contribution in [3.05, 3.63) is 42.0 Å². The molecule has 1 fully saturated rings. The van der Waals surface area contributed by atoms with Crippen LogP contribution in [0.2, 0.25) is 0 Å². The lowest BCUT2D eigenvalue weighted by atomic mass is 9.71. The first-order valence-corrected chi connectivity index (χ1v) is 7.05. The summed E-state index contributed by atoms with van der Waals surface area (Å²) in [7, 11) is 0. The number of rotatable bonds is 4. The zero-order chi connectivity index (χ0) is 13.4. The summed E-state index contributed by atoms with van der Waals surface area (Å²) >= 11 is 0. The van der Waals surface area contributed by atoms with Gasteiger partial charge in [-0.15, -0.1) is 0 Å². The predicted octanol–water partition coefficient (Wildman–Crippen LogP) is 2.37. The fraction of sp³-hybridized carbons (Fsp3) is 0.500. The first kappa shape index (κ1) is 12.7. The monoisotopic (exact) mass is 259 g/mol. The normalized spacial score (nSPS) is 31.6. The molecular weight excluding hydrogens is 238 g/mol. The Morgan fingerprint density at radius 3 is 2.68 bits per heavy atom. The van der Waals surface area contributed by atoms with Crippen LogP contribution in [0.5, 0.6) is 5.75 Å². The molecule has 1 aromatic carbocycles. The average Bonchev–Trinajstić information content (AvgIpc) is 2.77. The van der Waals surface area contributed by atoms with E-state index in [-0.39, 0.29) is 11.8 Å². The van der Waals surface area contributed by atoms with Gasteiger partial charge in [-0.05, 0) is 49.3 Å². The minimum atomic E-state index is -0.537. The van der Waals surface area contributed by atoms with Gasteiger partial charge in [0.25, 0.3) is 0 Å². The summed E-state index contributed by atoms with van der Waals surface area (Å²) in [5.41, 5.74) is 0.843. The fourth-order valence-corrected chi connectivity index (χ4v) is 3.30. The van der Waals surface area contributed by atoms with Gasteiger partial charge in [0, 0.05) is 12.1 Å². The molecule has 0 unspecified atom stereocenters. The van der Waals surface area contributed by atoms with Gasteiger partial charge in [0.15, 0.2) is 0 Å². The Bertz CT molecular complexity index is 468. The van der Waals surface area contributed by atoms with E-state index in [9.17, 15) is 10.2 Å². The number of phenolic OH excluding ortho intramolecular Hbond substituents is 1. The summed E-state index contributed by atoms with van der Waals surface area (Å²) in [4.78, 5) is 0. The standard InChI is InChI=1S/C16H21NO2/c1-10(16(19)11-5-7-13(18)8-6-11)17-15-9-12-3-2-4-14(12)15/h2,4-8,10,12,14-19H,3,9H2,1H3/t10-,12-,14+,15-,16+/m1/s1. The van der Waals surface area contributed by atoms with E-state index in [1.54, 1.807) is 24.3 Å². The van der Waals surface area contributed by atoms with Crippen LogP contribution >= 0.6 is 0 Å². The van der Waals surface area contributed by atoms with Gasteiger partial charge < -0.3 is 15.5 Å². The lowest BCUT2D eigenvalue weighted by Gasteiger charge is -2.43. The van der Waals surface area contributed by atoms with Crippen LogP contribution < -0.4 is 5.32 Å². The molecule has 5 atom stereocenters. The molecule has 0 bridgehead atoms. The van der Waals surface area contributed by atoms with Crippen molar-refractivity contribution in [1.29, 1.82) is 0 Å². The molecule has 0 aliphatic heterocycles. The summed E-state index contributed by atoms with van der Waals surface area (Å²) in [6.45, 7) is 2.02. The smallest absolute Gasteiger partial charge is 0.115 e. The van der Waals surface area contributed by atoms with Crippen LogP contribution in [-0.4, -0.2) is 22.3 Å². The summed E-state index contributed by atoms with van der Waals surface area (Å²) in [5.74, 6) is 1.72. The van der Waals surface area contributed by atoms with Crippen molar-refractivity contribution < 1.29 is 10.2 Å². The molecule has 0 saturated heterocycles. The van der Waals surface area contributed by atoms with Gasteiger partial charge in [-0.3, -0.25) is 0 Å². The second-order valence-electron chi connectivity index (χ2n) is 5.84. The summed E-state index contributed by atoms with van der Waals surface area (Å²) in [6.07, 6.45) is 6.48. The third-order valence-corrected chi connectivity index (χ3v) is 4.55. The summed E-state index contributed by atoms with van der Waals surface area (Å²) < 4.78 is 0. The molecule has 3 rings (SSSR count). The molecule has 3 heteroatoms. The first-order chi connectivity index (χ1) is 9.15. The van der Waals surface area contributed by atoms with E-state index in [2.05, 4.69) is 17.5 Å². The van der Waals surface area contributed by atoms with E-state index >= 15 is 0 Å². The molecule has 19 heavy (non-hydrogen) atoms. The minimum absolute atomic E-state index is 0.0180. The SMILES string of the molecule is C[C@@H](N[C@@H]1C[C@H]2CC=C[C@@H]21)[C@H](O)c1ccc(O)cc1. The number of fused-ring (bicyclic) bond motifs is 1. The zero-order valence-electron chi connectivity index (χ0n) is 11.2. The molecule has 3 nitrogen and oxygen atoms in total. The predicted molar refractivity (Wildman–Crippen MR) is 74.8 cm³/mol. The van der Waals surface area contributed by atoms with Gasteiger partial charge in [-0.2, -0.15) is 0 Å². The first-order valence-electron chi connectivity index (χ1n) is 7.05. The highest BCUT2D eigenvalue weighted by Crippen LogP contribution is 2.43. The summed E-state index contributed by atoms with van der Waals surface area (Å²) in [6, 6.07) is 7.30. The lowest BCUT2D eigenvalue weighted by Crippen LogP contribution is -2.52. The maximum absolute atomic E-state index is 10.3. The van der Waals surface area contributed by atoms with E-state index in [0.29, 0.717) is 12.0 Å². The molecule has 0 aromatic heterocycles. The van der Waals surface area contributed by atoms with Crippen LogP contribution in [0.1, 0.15) is 31.4 Å². The molecule has 1 saturated carbocycles. The van der Waals surface area contributed by atoms with E-state index < -0.39 is 6.10 Å². The van der Waals surface area contributed by atoms with Crippen LogP contribution in [0.15, 0.2) is 36.4 Å². The van der Waals surface area contributed by atoms with Crippen molar-refractivity contribution in [3.63, 3.8) is 0 Å². The van der Waals surface area contributed by atoms with Crippen molar-refractivity contribution in [1.82, 2.24) is 5.32 Å². The molecule has 102 valence electrons. The van der Waals surface area contributed by atoms with Crippen molar-refractivity contribution in [2.75, 3.05) is 0 Å². The molecule has 0 amide bonds. The van der Waals surface area contributed by atoms with E-state index in [1.165, 1.54) is 12.8 Å². The fourth-order valence-electron chi connectivity index (χ4n) is 3.30. The second-order valence-corrected chi connectivity index (χ2v) is 5.84. The Morgan fingerprint density at radius 2 is 2.00 bits per heavy atom. The maximum Gasteiger partial charge on any atom is 0.115 e. The van der Waals surface area contributed by atoms with Gasteiger partial charge in [0.2, 0.25) is 0 Å². The number of aromatic hydroxyl groups is 1. The zero-order valence-corrected chi connectivity index (χ0v) is 11.2. The van der Waals surface area contributed by atoms with Gasteiger partial charge in [0.1, 0.15) is 5.75 Å². The molecule has 2 aliphatic rings. The highest BCUT2D eigenvalue weighted by molar-refractivity contribution is 5.28. The van der Waals surface area contributed by atoms with E-state index in [0.717, 1.165) is 11.5 Å². The molecule has 0 heterocycles. The van der Waals surface area contributed by atoms with Crippen molar-refractivity contribution in [2.45, 2.75) is 38.0 Å². The Kier molecular flexibility index (Phi) is 3.33. The Morgan fingerprint density at radius 1 is 1.26 bits per heavy atom. The third-order valence-electron chi connectivity index (χ3n) is 4.55. The summed E-state index contributed by atoms with van der Waals surface area (Å²) in [5, 5.41) is 23.1.